The lowest BCUT2D eigenvalue weighted by atomic mass is 9.81. The Kier molecular flexibility index (Phi) is 4.83. The van der Waals surface area contributed by atoms with E-state index in [0.29, 0.717) is 6.54 Å². The monoisotopic (exact) mass is 291 g/mol. The van der Waals surface area contributed by atoms with E-state index in [1.807, 2.05) is 13.8 Å². The van der Waals surface area contributed by atoms with Crippen molar-refractivity contribution in [1.82, 2.24) is 10.3 Å². The van der Waals surface area contributed by atoms with Crippen LogP contribution in [0, 0.1) is 13.8 Å². The van der Waals surface area contributed by atoms with Gasteiger partial charge in [0.1, 0.15) is 5.75 Å². The van der Waals surface area contributed by atoms with Gasteiger partial charge in [-0.05, 0) is 26.7 Å². The van der Waals surface area contributed by atoms with Gasteiger partial charge in [-0.15, -0.1) is 0 Å². The van der Waals surface area contributed by atoms with Gasteiger partial charge in [-0.3, -0.25) is 15.1 Å². The van der Waals surface area contributed by atoms with Gasteiger partial charge < -0.3 is 10.5 Å². The van der Waals surface area contributed by atoms with Gasteiger partial charge >= 0.3 is 0 Å². The second-order valence-corrected chi connectivity index (χ2v) is 5.91. The van der Waals surface area contributed by atoms with Gasteiger partial charge in [-0.1, -0.05) is 19.3 Å². The van der Waals surface area contributed by atoms with E-state index in [4.69, 9.17) is 10.5 Å². The number of nitrogens with zero attached hydrogens (tertiary/aromatic N) is 1. The zero-order valence-corrected chi connectivity index (χ0v) is 13.2. The van der Waals surface area contributed by atoms with Crippen molar-refractivity contribution in [3.63, 3.8) is 0 Å². The van der Waals surface area contributed by atoms with Crippen LogP contribution in [0.25, 0.3) is 0 Å². The summed E-state index contributed by atoms with van der Waals surface area (Å²) in [6.07, 6.45) is 6.68. The maximum absolute atomic E-state index is 11.9. The van der Waals surface area contributed by atoms with Crippen molar-refractivity contribution in [2.24, 2.45) is 5.73 Å². The minimum Gasteiger partial charge on any atom is -0.496 e. The van der Waals surface area contributed by atoms with E-state index in [1.165, 1.54) is 6.42 Å². The van der Waals surface area contributed by atoms with Crippen molar-refractivity contribution in [2.45, 2.75) is 58.0 Å². The van der Waals surface area contributed by atoms with Crippen molar-refractivity contribution in [1.29, 1.82) is 0 Å². The largest absolute Gasteiger partial charge is 0.496 e. The Bertz CT molecular complexity index is 522. The van der Waals surface area contributed by atoms with Crippen LogP contribution in [0.5, 0.6) is 5.75 Å². The first kappa shape index (κ1) is 15.8. The third-order valence-corrected chi connectivity index (χ3v) is 4.52. The molecule has 116 valence electrons. The van der Waals surface area contributed by atoms with E-state index in [0.717, 1.165) is 48.3 Å². The molecular weight excluding hydrogens is 266 g/mol. The third kappa shape index (κ3) is 3.18. The van der Waals surface area contributed by atoms with Crippen LogP contribution in [-0.2, 0) is 11.3 Å². The predicted octanol–water partition coefficient (Wildman–Crippen LogP) is 1.98. The first-order valence-corrected chi connectivity index (χ1v) is 7.54. The summed E-state index contributed by atoms with van der Waals surface area (Å²) in [7, 11) is 1.67. The Hall–Kier alpha value is -1.62. The molecule has 0 spiro atoms. The summed E-state index contributed by atoms with van der Waals surface area (Å²) in [5.41, 5.74) is 7.99. The van der Waals surface area contributed by atoms with Gasteiger partial charge in [0.05, 0.1) is 18.3 Å². The molecule has 1 aromatic rings. The number of hydrogen-bond acceptors (Lipinski definition) is 4. The highest BCUT2D eigenvalue weighted by Gasteiger charge is 2.37. The van der Waals surface area contributed by atoms with Crippen LogP contribution in [0.1, 0.15) is 48.9 Å². The van der Waals surface area contributed by atoms with Gasteiger partial charge in [-0.2, -0.15) is 0 Å². The quantitative estimate of drug-likeness (QED) is 0.869. The first-order chi connectivity index (χ1) is 10.00. The summed E-state index contributed by atoms with van der Waals surface area (Å²) >= 11 is 0. The second-order valence-electron chi connectivity index (χ2n) is 5.91. The summed E-state index contributed by atoms with van der Waals surface area (Å²) in [5, 5.41) is 3.37. The van der Waals surface area contributed by atoms with Gasteiger partial charge in [0, 0.05) is 23.9 Å². The number of nitrogens with two attached hydrogens (primary N) is 1. The number of hydrogen-bond donors (Lipinski definition) is 2. The zero-order valence-electron chi connectivity index (χ0n) is 13.2. The molecule has 2 rings (SSSR count). The maximum Gasteiger partial charge on any atom is 0.237 e. The maximum atomic E-state index is 11.9. The fourth-order valence-electron chi connectivity index (χ4n) is 3.17. The minimum absolute atomic E-state index is 0.251. The molecule has 3 N–H and O–H groups in total. The van der Waals surface area contributed by atoms with E-state index < -0.39 is 5.54 Å². The molecule has 0 saturated heterocycles. The number of methoxy groups -OCH3 is 1. The highest BCUT2D eigenvalue weighted by molar-refractivity contribution is 5.84. The molecule has 1 aliphatic rings. The Morgan fingerprint density at radius 1 is 1.38 bits per heavy atom. The topological polar surface area (TPSA) is 77.2 Å². The zero-order chi connectivity index (χ0) is 15.5. The average Bonchev–Trinajstić information content (AvgIpc) is 2.48. The molecule has 21 heavy (non-hydrogen) atoms. The molecule has 1 saturated carbocycles. The van der Waals surface area contributed by atoms with Crippen molar-refractivity contribution in [3.8, 4) is 5.75 Å². The van der Waals surface area contributed by atoms with Gasteiger partial charge in [0.15, 0.2) is 0 Å². The molecular formula is C16H25N3O2. The molecule has 0 bridgehead atoms. The summed E-state index contributed by atoms with van der Waals surface area (Å²) < 4.78 is 5.42. The Balaban J connectivity index is 2.16. The molecule has 1 fully saturated rings. The molecule has 0 unspecified atom stereocenters. The van der Waals surface area contributed by atoms with E-state index in [1.54, 1.807) is 13.3 Å². The lowest BCUT2D eigenvalue weighted by Crippen LogP contribution is -2.56. The molecule has 0 atom stereocenters. The SMILES string of the molecule is COc1c(C)cnc(CNC2(C(N)=O)CCCCC2)c1C. The van der Waals surface area contributed by atoms with E-state index in [9.17, 15) is 4.79 Å². The minimum atomic E-state index is -0.579. The second kappa shape index (κ2) is 6.43. The number of aryl methyl sites for hydroxylation is 1. The summed E-state index contributed by atoms with van der Waals surface area (Å²) in [6, 6.07) is 0. The number of pyridine rings is 1. The lowest BCUT2D eigenvalue weighted by molar-refractivity contribution is -0.125. The average molecular weight is 291 g/mol. The Labute approximate surface area is 126 Å². The summed E-state index contributed by atoms with van der Waals surface area (Å²) in [6.45, 7) is 4.50. The highest BCUT2D eigenvalue weighted by atomic mass is 16.5. The Morgan fingerprint density at radius 2 is 2.05 bits per heavy atom. The number of ether oxygens (including phenoxy) is 1. The number of carbonyl (C=O) groups excluding carboxylic acids is 1. The van der Waals surface area contributed by atoms with Crippen LogP contribution >= 0.6 is 0 Å². The summed E-state index contributed by atoms with van der Waals surface area (Å²) in [4.78, 5) is 16.3. The van der Waals surface area contributed by atoms with E-state index >= 15 is 0 Å². The predicted molar refractivity (Wildman–Crippen MR) is 82.1 cm³/mol. The van der Waals surface area contributed by atoms with Crippen molar-refractivity contribution in [2.75, 3.05) is 7.11 Å². The normalized spacial score (nSPS) is 17.5. The van der Waals surface area contributed by atoms with Crippen molar-refractivity contribution in [3.05, 3.63) is 23.0 Å². The molecule has 1 aliphatic carbocycles. The first-order valence-electron chi connectivity index (χ1n) is 7.54. The standard InChI is InChI=1S/C16H25N3O2/c1-11-9-18-13(12(2)14(11)21-3)10-19-16(15(17)20)7-5-4-6-8-16/h9,19H,4-8,10H2,1-3H3,(H2,17,20). The molecule has 5 heteroatoms. The van der Waals surface area contributed by atoms with Crippen molar-refractivity contribution < 1.29 is 9.53 Å². The molecule has 0 aromatic carbocycles. The van der Waals surface area contributed by atoms with Crippen LogP contribution in [-0.4, -0.2) is 23.5 Å². The number of nitrogens with one attached hydrogen (secondary N) is 1. The molecule has 0 aliphatic heterocycles. The third-order valence-electron chi connectivity index (χ3n) is 4.52. The van der Waals surface area contributed by atoms with Crippen LogP contribution in [0.15, 0.2) is 6.20 Å². The van der Waals surface area contributed by atoms with Crippen molar-refractivity contribution >= 4 is 5.91 Å². The highest BCUT2D eigenvalue weighted by Crippen LogP contribution is 2.29. The van der Waals surface area contributed by atoms with Crippen LogP contribution < -0.4 is 15.8 Å². The number of amides is 1. The van der Waals surface area contributed by atoms with Gasteiger partial charge in [0.25, 0.3) is 0 Å². The number of rotatable bonds is 5. The Morgan fingerprint density at radius 3 is 2.62 bits per heavy atom. The molecule has 0 radical (unpaired) electrons. The summed E-state index contributed by atoms with van der Waals surface area (Å²) in [5.74, 6) is 0.609. The van der Waals surface area contributed by atoms with Crippen LogP contribution in [0.2, 0.25) is 0 Å². The van der Waals surface area contributed by atoms with E-state index in [2.05, 4.69) is 10.3 Å². The molecule has 5 nitrogen and oxygen atoms in total. The fourth-order valence-corrected chi connectivity index (χ4v) is 3.17. The number of carbonyl (C=O) groups is 1. The number of aromatic nitrogens is 1. The molecule has 1 heterocycles. The number of primary amides is 1. The lowest BCUT2D eigenvalue weighted by Gasteiger charge is -2.35. The van der Waals surface area contributed by atoms with Crippen LogP contribution in [0.4, 0.5) is 0 Å². The molecule has 1 amide bonds. The van der Waals surface area contributed by atoms with Gasteiger partial charge in [0.2, 0.25) is 5.91 Å². The van der Waals surface area contributed by atoms with Crippen LogP contribution in [0.3, 0.4) is 0 Å². The molecule has 1 aromatic heterocycles. The van der Waals surface area contributed by atoms with E-state index in [-0.39, 0.29) is 5.91 Å². The smallest absolute Gasteiger partial charge is 0.237 e. The van der Waals surface area contributed by atoms with Gasteiger partial charge in [-0.25, -0.2) is 0 Å². The fraction of sp³-hybridized carbons (Fsp3) is 0.625.